The summed E-state index contributed by atoms with van der Waals surface area (Å²) in [6, 6.07) is 8.96. The maximum atomic E-state index is 12.1. The van der Waals surface area contributed by atoms with Crippen molar-refractivity contribution in [3.05, 3.63) is 59.0 Å². The number of nitrogens with zero attached hydrogens (tertiary/aromatic N) is 7. The van der Waals surface area contributed by atoms with Crippen LogP contribution in [0.1, 0.15) is 12.8 Å². The van der Waals surface area contributed by atoms with Gasteiger partial charge in [-0.2, -0.15) is 0 Å². The van der Waals surface area contributed by atoms with Gasteiger partial charge in [0, 0.05) is 56.4 Å². The molecule has 2 saturated heterocycles. The molecule has 0 radical (unpaired) electrons. The van der Waals surface area contributed by atoms with Gasteiger partial charge >= 0.3 is 0 Å². The van der Waals surface area contributed by atoms with Gasteiger partial charge in [0.1, 0.15) is 11.4 Å². The number of aryl methyl sites for hydroxylation is 1. The number of anilines is 3. The smallest absolute Gasteiger partial charge is 0.294 e. The molecular weight excluding hydrogens is 472 g/mol. The molecule has 2 aliphatic rings. The van der Waals surface area contributed by atoms with E-state index in [2.05, 4.69) is 37.1 Å². The second kappa shape index (κ2) is 8.70. The highest BCUT2D eigenvalue weighted by Gasteiger charge is 2.49. The number of methoxy groups -OCH3 is 1. The molecule has 0 atom stereocenters. The molecule has 190 valence electrons. The van der Waals surface area contributed by atoms with E-state index in [4.69, 9.17) is 4.74 Å². The fourth-order valence-corrected chi connectivity index (χ4v) is 5.62. The number of likely N-dealkylation sites (tertiary alicyclic amines) is 1. The topological polar surface area (TPSA) is 114 Å². The van der Waals surface area contributed by atoms with E-state index in [0.717, 1.165) is 49.1 Å². The van der Waals surface area contributed by atoms with Crippen LogP contribution in [0, 0.1) is 10.1 Å². The minimum absolute atomic E-state index is 0.0215. The number of likely N-dealkylation sites (N-methyl/N-ethyl adjacent to an activating group) is 1. The highest BCUT2D eigenvalue weighted by atomic mass is 16.6. The van der Waals surface area contributed by atoms with Gasteiger partial charge < -0.3 is 19.5 Å². The average Bonchev–Trinajstić information content (AvgIpc) is 3.43. The van der Waals surface area contributed by atoms with E-state index in [1.54, 1.807) is 25.6 Å². The molecule has 1 spiro atoms. The Balaban J connectivity index is 1.32. The van der Waals surface area contributed by atoms with Crippen molar-refractivity contribution in [2.75, 3.05) is 44.0 Å². The van der Waals surface area contributed by atoms with Crippen LogP contribution in [0.4, 0.5) is 23.0 Å². The van der Waals surface area contributed by atoms with E-state index < -0.39 is 0 Å². The maximum Gasteiger partial charge on any atom is 0.294 e. The Kier molecular flexibility index (Phi) is 5.45. The second-order valence-electron chi connectivity index (χ2n) is 9.82. The molecule has 0 amide bonds. The van der Waals surface area contributed by atoms with Crippen molar-refractivity contribution < 1.29 is 9.66 Å². The van der Waals surface area contributed by atoms with Gasteiger partial charge in [0.05, 0.1) is 40.0 Å². The van der Waals surface area contributed by atoms with Crippen LogP contribution in [0.2, 0.25) is 0 Å². The minimum atomic E-state index is -0.345. The highest BCUT2D eigenvalue weighted by molar-refractivity contribution is 5.92. The van der Waals surface area contributed by atoms with Gasteiger partial charge in [0.2, 0.25) is 5.95 Å². The van der Waals surface area contributed by atoms with Gasteiger partial charge in [-0.3, -0.25) is 20.0 Å². The number of nitrogens with one attached hydrogen (secondary N) is 1. The van der Waals surface area contributed by atoms with Crippen LogP contribution in [0.3, 0.4) is 0 Å². The first-order chi connectivity index (χ1) is 17.9. The number of nitro groups is 1. The largest absolute Gasteiger partial charge is 0.494 e. The molecule has 5 heterocycles. The van der Waals surface area contributed by atoms with Crippen molar-refractivity contribution in [1.82, 2.24) is 24.4 Å². The summed E-state index contributed by atoms with van der Waals surface area (Å²) < 4.78 is 7.64. The quantitative estimate of drug-likeness (QED) is 0.310. The van der Waals surface area contributed by atoms with Crippen LogP contribution in [-0.2, 0) is 7.05 Å². The SMILES string of the molecule is COc1cc(N2CC3(CCCN3C)C2)c([N+](=O)[O-])cc1Nc1nccc(-c2cn(C)c3cccnc23)n1. The third kappa shape index (κ3) is 3.82. The first-order valence-corrected chi connectivity index (χ1v) is 12.2. The van der Waals surface area contributed by atoms with Crippen LogP contribution >= 0.6 is 0 Å². The number of benzene rings is 1. The fraction of sp³-hybridized carbons (Fsp3) is 0.346. The Morgan fingerprint density at radius 2 is 2.00 bits per heavy atom. The molecule has 11 heteroatoms. The molecule has 2 fully saturated rings. The molecule has 1 N–H and O–H groups in total. The number of rotatable bonds is 6. The Bertz CT molecular complexity index is 1510. The summed E-state index contributed by atoms with van der Waals surface area (Å²) in [5.41, 5.74) is 4.53. The van der Waals surface area contributed by atoms with Crippen LogP contribution in [0.5, 0.6) is 5.75 Å². The summed E-state index contributed by atoms with van der Waals surface area (Å²) in [6.45, 7) is 2.60. The molecule has 11 nitrogen and oxygen atoms in total. The normalized spacial score (nSPS) is 16.8. The van der Waals surface area contributed by atoms with Crippen molar-refractivity contribution in [3.8, 4) is 17.0 Å². The molecule has 0 saturated carbocycles. The molecule has 0 aliphatic carbocycles. The molecular formula is C26H28N8O3. The van der Waals surface area contributed by atoms with E-state index in [1.165, 1.54) is 6.07 Å². The minimum Gasteiger partial charge on any atom is -0.494 e. The molecule has 6 rings (SSSR count). The third-order valence-electron chi connectivity index (χ3n) is 7.67. The lowest BCUT2D eigenvalue weighted by Gasteiger charge is -2.52. The summed E-state index contributed by atoms with van der Waals surface area (Å²) in [7, 11) is 5.65. The number of fused-ring (bicyclic) bond motifs is 1. The van der Waals surface area contributed by atoms with Crippen LogP contribution in [0.15, 0.2) is 48.9 Å². The van der Waals surface area contributed by atoms with E-state index in [1.807, 2.05) is 36.0 Å². The van der Waals surface area contributed by atoms with Crippen molar-refractivity contribution in [3.63, 3.8) is 0 Å². The summed E-state index contributed by atoms with van der Waals surface area (Å²) >= 11 is 0. The molecule has 37 heavy (non-hydrogen) atoms. The summed E-state index contributed by atoms with van der Waals surface area (Å²) in [5.74, 6) is 0.795. The predicted octanol–water partition coefficient (Wildman–Crippen LogP) is 3.98. The Morgan fingerprint density at radius 1 is 1.16 bits per heavy atom. The number of nitro benzene ring substituents is 1. The number of pyridine rings is 1. The summed E-state index contributed by atoms with van der Waals surface area (Å²) in [5, 5.41) is 15.2. The number of ether oxygens (including phenoxy) is 1. The van der Waals surface area contributed by atoms with E-state index in [9.17, 15) is 10.1 Å². The van der Waals surface area contributed by atoms with E-state index >= 15 is 0 Å². The van der Waals surface area contributed by atoms with Gasteiger partial charge in [-0.15, -0.1) is 0 Å². The van der Waals surface area contributed by atoms with Crippen LogP contribution in [0.25, 0.3) is 22.3 Å². The summed E-state index contributed by atoms with van der Waals surface area (Å²) in [6.07, 6.45) is 7.66. The molecule has 2 aliphatic heterocycles. The fourth-order valence-electron chi connectivity index (χ4n) is 5.62. The Morgan fingerprint density at radius 3 is 2.73 bits per heavy atom. The molecule has 4 aromatic rings. The summed E-state index contributed by atoms with van der Waals surface area (Å²) in [4.78, 5) is 29.7. The number of aromatic nitrogens is 4. The van der Waals surface area contributed by atoms with Gasteiger partial charge in [0.15, 0.2) is 0 Å². The number of hydrogen-bond acceptors (Lipinski definition) is 9. The second-order valence-corrected chi connectivity index (χ2v) is 9.82. The zero-order chi connectivity index (χ0) is 25.7. The van der Waals surface area contributed by atoms with Gasteiger partial charge in [-0.05, 0) is 44.6 Å². The zero-order valence-corrected chi connectivity index (χ0v) is 21.0. The molecule has 3 aromatic heterocycles. The lowest BCUT2D eigenvalue weighted by Crippen LogP contribution is -2.67. The van der Waals surface area contributed by atoms with Crippen molar-refractivity contribution >= 4 is 34.0 Å². The van der Waals surface area contributed by atoms with Gasteiger partial charge in [-0.1, -0.05) is 0 Å². The first kappa shape index (κ1) is 23.2. The van der Waals surface area contributed by atoms with E-state index in [-0.39, 0.29) is 16.1 Å². The predicted molar refractivity (Wildman–Crippen MR) is 141 cm³/mol. The van der Waals surface area contributed by atoms with Crippen LogP contribution < -0.4 is 15.0 Å². The molecule has 1 aromatic carbocycles. The lowest BCUT2D eigenvalue weighted by molar-refractivity contribution is -0.384. The molecule has 0 bridgehead atoms. The van der Waals surface area contributed by atoms with Gasteiger partial charge in [0.25, 0.3) is 5.69 Å². The monoisotopic (exact) mass is 500 g/mol. The standard InChI is InChI=1S/C26H28N8O3/c1-31-14-17(24-20(31)6-4-9-27-24)18-7-10-28-25(29-18)30-19-12-22(34(35)36)21(13-23(19)37-3)33-15-26(16-33)8-5-11-32(26)2/h4,6-7,9-10,12-14H,5,8,11,15-16H2,1-3H3,(H,28,29,30). The molecule has 0 unspecified atom stereocenters. The van der Waals surface area contributed by atoms with Crippen molar-refractivity contribution in [2.45, 2.75) is 18.4 Å². The van der Waals surface area contributed by atoms with Crippen molar-refractivity contribution in [2.24, 2.45) is 7.05 Å². The Hall–Kier alpha value is -4.25. The maximum absolute atomic E-state index is 12.1. The highest BCUT2D eigenvalue weighted by Crippen LogP contribution is 2.45. The average molecular weight is 501 g/mol. The lowest BCUT2D eigenvalue weighted by atomic mass is 9.86. The van der Waals surface area contributed by atoms with Crippen LogP contribution in [-0.4, -0.2) is 68.7 Å². The van der Waals surface area contributed by atoms with Gasteiger partial charge in [-0.25, -0.2) is 9.97 Å². The Labute approximate surface area is 213 Å². The first-order valence-electron chi connectivity index (χ1n) is 12.2. The van der Waals surface area contributed by atoms with Crippen molar-refractivity contribution in [1.29, 1.82) is 0 Å². The zero-order valence-electron chi connectivity index (χ0n) is 21.0. The number of hydrogen-bond donors (Lipinski definition) is 1. The van der Waals surface area contributed by atoms with E-state index in [0.29, 0.717) is 28.8 Å². The third-order valence-corrected chi connectivity index (χ3v) is 7.67.